The number of carbonyl (C=O) groups excluding carboxylic acids is 1. The molecule has 0 aliphatic rings. The van der Waals surface area contributed by atoms with Gasteiger partial charge in [-0.15, -0.1) is 0 Å². The fourth-order valence-corrected chi connectivity index (χ4v) is 2.49. The summed E-state index contributed by atoms with van der Waals surface area (Å²) in [5.74, 6) is -0.173. The van der Waals surface area contributed by atoms with E-state index in [4.69, 9.17) is 4.74 Å². The van der Waals surface area contributed by atoms with E-state index in [2.05, 4.69) is 6.07 Å². The van der Waals surface area contributed by atoms with Crippen molar-refractivity contribution < 1.29 is 9.53 Å². The quantitative estimate of drug-likeness (QED) is 0.821. The monoisotopic (exact) mass is 308 g/mol. The van der Waals surface area contributed by atoms with Crippen LogP contribution in [0.2, 0.25) is 0 Å². The molecule has 1 atom stereocenters. The predicted molar refractivity (Wildman–Crippen MR) is 90.3 cm³/mol. The summed E-state index contributed by atoms with van der Waals surface area (Å²) in [5.41, 5.74) is 1.72. The number of ether oxygens (including phenoxy) is 1. The number of carbonyl (C=O) groups is 1. The van der Waals surface area contributed by atoms with Crippen LogP contribution in [0.15, 0.2) is 54.6 Å². The molecule has 118 valence electrons. The Labute approximate surface area is 136 Å². The lowest BCUT2D eigenvalue weighted by Gasteiger charge is -2.23. The third kappa shape index (κ3) is 4.10. The number of nitrogens with zero attached hydrogens (tertiary/aromatic N) is 2. The summed E-state index contributed by atoms with van der Waals surface area (Å²) in [6.45, 7) is 2.43. The van der Waals surface area contributed by atoms with E-state index in [1.807, 2.05) is 61.5 Å². The molecule has 1 unspecified atom stereocenters. The van der Waals surface area contributed by atoms with Gasteiger partial charge in [0, 0.05) is 12.2 Å². The van der Waals surface area contributed by atoms with E-state index in [0.717, 1.165) is 17.0 Å². The second-order valence-electron chi connectivity index (χ2n) is 5.16. The number of benzene rings is 2. The van der Waals surface area contributed by atoms with Crippen LogP contribution in [0.5, 0.6) is 5.75 Å². The minimum absolute atomic E-state index is 0.177. The lowest BCUT2D eigenvalue weighted by molar-refractivity contribution is -0.120. The van der Waals surface area contributed by atoms with Gasteiger partial charge in [0.25, 0.3) is 0 Å². The average Bonchev–Trinajstić information content (AvgIpc) is 2.61. The van der Waals surface area contributed by atoms with Crippen LogP contribution >= 0.6 is 0 Å². The zero-order valence-corrected chi connectivity index (χ0v) is 13.4. The molecule has 0 aromatic heterocycles. The molecule has 2 aromatic carbocycles. The third-order valence-electron chi connectivity index (χ3n) is 3.68. The molecule has 0 bridgehead atoms. The van der Waals surface area contributed by atoms with Crippen LogP contribution in [0, 0.1) is 17.2 Å². The molecule has 0 spiro atoms. The zero-order chi connectivity index (χ0) is 16.7. The second-order valence-corrected chi connectivity index (χ2v) is 5.16. The predicted octanol–water partition coefficient (Wildman–Crippen LogP) is 3.43. The number of methoxy groups -OCH3 is 1. The second kappa shape index (κ2) is 8.00. The molecule has 2 aromatic rings. The van der Waals surface area contributed by atoms with Gasteiger partial charge in [0.05, 0.1) is 13.2 Å². The van der Waals surface area contributed by atoms with E-state index in [-0.39, 0.29) is 5.91 Å². The van der Waals surface area contributed by atoms with E-state index in [0.29, 0.717) is 13.0 Å². The summed E-state index contributed by atoms with van der Waals surface area (Å²) in [6.07, 6.45) is 0.371. The van der Waals surface area contributed by atoms with Crippen LogP contribution in [0.1, 0.15) is 12.5 Å². The standard InChI is InChI=1S/C19H20N2O2/c1-3-21(17-9-5-4-6-10-17)19(22)16(14-20)12-15-8-7-11-18(13-15)23-2/h4-11,13,16H,3,12H2,1-2H3. The molecule has 1 amide bonds. The Hall–Kier alpha value is -2.80. The minimum Gasteiger partial charge on any atom is -0.497 e. The number of rotatable bonds is 6. The summed E-state index contributed by atoms with van der Waals surface area (Å²) in [4.78, 5) is 14.4. The van der Waals surface area contributed by atoms with Crippen molar-refractivity contribution in [2.45, 2.75) is 13.3 Å². The molecule has 4 nitrogen and oxygen atoms in total. The van der Waals surface area contributed by atoms with Crippen molar-refractivity contribution in [3.8, 4) is 11.8 Å². The maximum absolute atomic E-state index is 12.7. The van der Waals surface area contributed by atoms with Gasteiger partial charge in [-0.25, -0.2) is 0 Å². The van der Waals surface area contributed by atoms with Crippen LogP contribution < -0.4 is 9.64 Å². The molecule has 0 saturated carbocycles. The maximum atomic E-state index is 12.7. The lowest BCUT2D eigenvalue weighted by atomic mass is 9.98. The molecular weight excluding hydrogens is 288 g/mol. The molecule has 0 aliphatic heterocycles. The Morgan fingerprint density at radius 1 is 1.22 bits per heavy atom. The fourth-order valence-electron chi connectivity index (χ4n) is 2.49. The summed E-state index contributed by atoms with van der Waals surface area (Å²) in [5, 5.41) is 9.45. The maximum Gasteiger partial charge on any atom is 0.244 e. The van der Waals surface area contributed by atoms with Gasteiger partial charge in [0.15, 0.2) is 0 Å². The number of hydrogen-bond donors (Lipinski definition) is 0. The van der Waals surface area contributed by atoms with Gasteiger partial charge in [0.1, 0.15) is 11.7 Å². The summed E-state index contributed by atoms with van der Waals surface area (Å²) in [6, 6.07) is 19.0. The Morgan fingerprint density at radius 3 is 2.57 bits per heavy atom. The van der Waals surface area contributed by atoms with Gasteiger partial charge in [-0.05, 0) is 43.2 Å². The summed E-state index contributed by atoms with van der Waals surface area (Å²) in [7, 11) is 1.60. The average molecular weight is 308 g/mol. The fraction of sp³-hybridized carbons (Fsp3) is 0.263. The Kier molecular flexibility index (Phi) is 5.76. The van der Waals surface area contributed by atoms with Crippen LogP contribution in [0.25, 0.3) is 0 Å². The van der Waals surface area contributed by atoms with E-state index < -0.39 is 5.92 Å². The Morgan fingerprint density at radius 2 is 1.96 bits per heavy atom. The normalized spacial score (nSPS) is 11.3. The Bertz CT molecular complexity index is 692. The first-order valence-corrected chi connectivity index (χ1v) is 7.58. The summed E-state index contributed by atoms with van der Waals surface area (Å²) >= 11 is 0. The van der Waals surface area contributed by atoms with E-state index in [1.165, 1.54) is 0 Å². The van der Waals surface area contributed by atoms with Gasteiger partial charge < -0.3 is 9.64 Å². The zero-order valence-electron chi connectivity index (χ0n) is 13.4. The smallest absolute Gasteiger partial charge is 0.244 e. The highest BCUT2D eigenvalue weighted by molar-refractivity contribution is 5.96. The van der Waals surface area contributed by atoms with Crippen LogP contribution in [-0.2, 0) is 11.2 Å². The lowest BCUT2D eigenvalue weighted by Crippen LogP contribution is -2.36. The highest BCUT2D eigenvalue weighted by atomic mass is 16.5. The van der Waals surface area contributed by atoms with Crippen molar-refractivity contribution in [1.29, 1.82) is 5.26 Å². The largest absolute Gasteiger partial charge is 0.497 e. The molecule has 0 saturated heterocycles. The van der Waals surface area contributed by atoms with Gasteiger partial charge in [-0.3, -0.25) is 4.79 Å². The van der Waals surface area contributed by atoms with E-state index in [1.54, 1.807) is 12.0 Å². The highest BCUT2D eigenvalue weighted by Crippen LogP contribution is 2.20. The molecular formula is C19H20N2O2. The molecule has 0 aliphatic carbocycles. The van der Waals surface area contributed by atoms with Gasteiger partial charge in [-0.1, -0.05) is 30.3 Å². The summed E-state index contributed by atoms with van der Waals surface area (Å²) < 4.78 is 5.19. The number of para-hydroxylation sites is 1. The van der Waals surface area contributed by atoms with Gasteiger partial charge in [0.2, 0.25) is 5.91 Å². The third-order valence-corrected chi connectivity index (χ3v) is 3.68. The molecule has 0 heterocycles. The molecule has 2 rings (SSSR count). The van der Waals surface area contributed by atoms with Crippen molar-refractivity contribution >= 4 is 11.6 Å². The SMILES string of the molecule is CCN(C(=O)C(C#N)Cc1cccc(OC)c1)c1ccccc1. The number of nitriles is 1. The van der Waals surface area contributed by atoms with Crippen molar-refractivity contribution in [3.63, 3.8) is 0 Å². The van der Waals surface area contributed by atoms with Gasteiger partial charge in [-0.2, -0.15) is 5.26 Å². The van der Waals surface area contributed by atoms with E-state index in [9.17, 15) is 10.1 Å². The number of amides is 1. The number of anilines is 1. The number of hydrogen-bond acceptors (Lipinski definition) is 3. The Balaban J connectivity index is 2.19. The minimum atomic E-state index is -0.720. The van der Waals surface area contributed by atoms with Gasteiger partial charge >= 0.3 is 0 Å². The first kappa shape index (κ1) is 16.6. The molecule has 0 fully saturated rings. The van der Waals surface area contributed by atoms with Crippen LogP contribution in [0.4, 0.5) is 5.69 Å². The highest BCUT2D eigenvalue weighted by Gasteiger charge is 2.24. The molecule has 23 heavy (non-hydrogen) atoms. The topological polar surface area (TPSA) is 53.3 Å². The molecule has 0 radical (unpaired) electrons. The van der Waals surface area contributed by atoms with E-state index >= 15 is 0 Å². The first-order valence-electron chi connectivity index (χ1n) is 7.58. The van der Waals surface area contributed by atoms with Crippen molar-refractivity contribution in [2.75, 3.05) is 18.6 Å². The van der Waals surface area contributed by atoms with Crippen LogP contribution in [0.3, 0.4) is 0 Å². The van der Waals surface area contributed by atoms with Crippen molar-refractivity contribution in [2.24, 2.45) is 5.92 Å². The van der Waals surface area contributed by atoms with Crippen molar-refractivity contribution in [3.05, 3.63) is 60.2 Å². The molecule has 0 N–H and O–H groups in total. The van der Waals surface area contributed by atoms with Crippen molar-refractivity contribution in [1.82, 2.24) is 0 Å². The molecule has 4 heteroatoms. The first-order chi connectivity index (χ1) is 11.2. The van der Waals surface area contributed by atoms with Crippen LogP contribution in [-0.4, -0.2) is 19.6 Å².